The first-order chi connectivity index (χ1) is 10.1. The van der Waals surface area contributed by atoms with Crippen molar-refractivity contribution in [1.29, 1.82) is 0 Å². The number of thioether (sulfide) groups is 1. The number of hydrogen-bond acceptors (Lipinski definition) is 2. The third kappa shape index (κ3) is 5.79. The van der Waals surface area contributed by atoms with Crippen LogP contribution in [0.25, 0.3) is 0 Å². The maximum absolute atomic E-state index is 13.4. The number of anilines is 1. The van der Waals surface area contributed by atoms with Crippen LogP contribution in [0.15, 0.2) is 18.2 Å². The van der Waals surface area contributed by atoms with E-state index in [4.69, 9.17) is 12.2 Å². The highest BCUT2D eigenvalue weighted by molar-refractivity contribution is 7.99. The molecule has 6 heteroatoms. The van der Waals surface area contributed by atoms with Gasteiger partial charge in [-0.15, -0.1) is 0 Å². The molecule has 0 bridgehead atoms. The molecule has 21 heavy (non-hydrogen) atoms. The lowest BCUT2D eigenvalue weighted by Crippen LogP contribution is -2.31. The van der Waals surface area contributed by atoms with Crippen molar-refractivity contribution in [3.05, 3.63) is 29.8 Å². The van der Waals surface area contributed by atoms with E-state index in [0.29, 0.717) is 5.11 Å². The predicted molar refractivity (Wildman–Crippen MR) is 89.9 cm³/mol. The average Bonchev–Trinajstić information content (AvgIpc) is 2.48. The van der Waals surface area contributed by atoms with Crippen molar-refractivity contribution in [2.75, 3.05) is 17.6 Å². The van der Waals surface area contributed by atoms with Gasteiger partial charge in [0.2, 0.25) is 0 Å². The molecule has 1 fully saturated rings. The average molecular weight is 330 g/mol. The Bertz CT molecular complexity index is 477. The summed E-state index contributed by atoms with van der Waals surface area (Å²) in [6.07, 6.45) is 6.68. The van der Waals surface area contributed by atoms with Crippen LogP contribution in [0.5, 0.6) is 0 Å². The number of halogens is 2. The first-order valence-electron chi connectivity index (χ1n) is 7.26. The summed E-state index contributed by atoms with van der Waals surface area (Å²) in [5.74, 6) is -0.255. The fourth-order valence-electron chi connectivity index (χ4n) is 2.38. The Labute approximate surface area is 134 Å². The smallest absolute Gasteiger partial charge is 0.170 e. The van der Waals surface area contributed by atoms with Gasteiger partial charge in [0.25, 0.3) is 0 Å². The zero-order valence-electron chi connectivity index (χ0n) is 11.8. The van der Waals surface area contributed by atoms with E-state index in [1.54, 1.807) is 0 Å². The first-order valence-corrected chi connectivity index (χ1v) is 8.72. The molecule has 0 heterocycles. The molecule has 0 unspecified atom stereocenters. The van der Waals surface area contributed by atoms with Gasteiger partial charge in [-0.05, 0) is 37.2 Å². The van der Waals surface area contributed by atoms with Gasteiger partial charge < -0.3 is 10.6 Å². The third-order valence-electron chi connectivity index (χ3n) is 3.47. The van der Waals surface area contributed by atoms with E-state index in [9.17, 15) is 8.78 Å². The molecule has 116 valence electrons. The van der Waals surface area contributed by atoms with Gasteiger partial charge in [-0.3, -0.25) is 0 Å². The largest absolute Gasteiger partial charge is 0.362 e. The second-order valence-corrected chi connectivity index (χ2v) is 6.95. The summed E-state index contributed by atoms with van der Waals surface area (Å²) >= 11 is 7.08. The Kier molecular flexibility index (Phi) is 6.70. The van der Waals surface area contributed by atoms with Gasteiger partial charge in [0.05, 0.1) is 5.69 Å². The van der Waals surface area contributed by atoms with Crippen molar-refractivity contribution in [1.82, 2.24) is 5.32 Å². The Hall–Kier alpha value is -0.880. The van der Waals surface area contributed by atoms with E-state index < -0.39 is 11.6 Å². The van der Waals surface area contributed by atoms with Gasteiger partial charge in [0, 0.05) is 23.6 Å². The number of rotatable bonds is 5. The van der Waals surface area contributed by atoms with Crippen LogP contribution in [-0.4, -0.2) is 22.7 Å². The minimum Gasteiger partial charge on any atom is -0.362 e. The molecule has 0 amide bonds. The maximum Gasteiger partial charge on any atom is 0.170 e. The minimum atomic E-state index is -0.643. The fraction of sp³-hybridized carbons (Fsp3) is 0.533. The lowest BCUT2D eigenvalue weighted by atomic mass is 10.0. The van der Waals surface area contributed by atoms with Crippen molar-refractivity contribution < 1.29 is 8.78 Å². The number of nitrogens with one attached hydrogen (secondary N) is 2. The number of benzene rings is 1. The highest BCUT2D eigenvalue weighted by atomic mass is 32.2. The summed E-state index contributed by atoms with van der Waals surface area (Å²) in [4.78, 5) is 0. The van der Waals surface area contributed by atoms with E-state index in [0.717, 1.165) is 23.6 Å². The van der Waals surface area contributed by atoms with Crippen LogP contribution < -0.4 is 10.6 Å². The zero-order valence-corrected chi connectivity index (χ0v) is 13.5. The molecule has 0 saturated heterocycles. The quantitative estimate of drug-likeness (QED) is 0.620. The van der Waals surface area contributed by atoms with Crippen molar-refractivity contribution in [3.63, 3.8) is 0 Å². The molecular weight excluding hydrogens is 310 g/mol. The SMILES string of the molecule is Fc1ccc(NC(=S)NCCSC2CCCCC2)c(F)c1. The van der Waals surface area contributed by atoms with Crippen LogP contribution in [0.2, 0.25) is 0 Å². The molecule has 1 saturated carbocycles. The van der Waals surface area contributed by atoms with E-state index >= 15 is 0 Å². The highest BCUT2D eigenvalue weighted by Gasteiger charge is 2.13. The molecule has 1 aliphatic carbocycles. The van der Waals surface area contributed by atoms with Crippen molar-refractivity contribution in [2.45, 2.75) is 37.4 Å². The molecule has 2 rings (SSSR count). The normalized spacial score (nSPS) is 15.7. The van der Waals surface area contributed by atoms with E-state index in [1.165, 1.54) is 44.2 Å². The van der Waals surface area contributed by atoms with Crippen LogP contribution in [0.3, 0.4) is 0 Å². The van der Waals surface area contributed by atoms with Crippen LogP contribution >= 0.6 is 24.0 Å². The van der Waals surface area contributed by atoms with Crippen molar-refractivity contribution >= 4 is 34.8 Å². The van der Waals surface area contributed by atoms with E-state index in [2.05, 4.69) is 10.6 Å². The maximum atomic E-state index is 13.4. The summed E-state index contributed by atoms with van der Waals surface area (Å²) in [7, 11) is 0. The van der Waals surface area contributed by atoms with Gasteiger partial charge in [-0.2, -0.15) is 11.8 Å². The Morgan fingerprint density at radius 2 is 2.00 bits per heavy atom. The minimum absolute atomic E-state index is 0.189. The Balaban J connectivity index is 1.65. The summed E-state index contributed by atoms with van der Waals surface area (Å²) in [5, 5.41) is 6.94. The second kappa shape index (κ2) is 8.54. The molecular formula is C15H20F2N2S2. The molecule has 2 N–H and O–H groups in total. The van der Waals surface area contributed by atoms with Crippen LogP contribution in [0.4, 0.5) is 14.5 Å². The number of thiocarbonyl (C=S) groups is 1. The molecule has 1 aromatic carbocycles. The zero-order chi connectivity index (χ0) is 15.1. The molecule has 2 nitrogen and oxygen atoms in total. The van der Waals surface area contributed by atoms with Crippen LogP contribution in [-0.2, 0) is 0 Å². The van der Waals surface area contributed by atoms with Gasteiger partial charge in [-0.1, -0.05) is 19.3 Å². The lowest BCUT2D eigenvalue weighted by Gasteiger charge is -2.21. The van der Waals surface area contributed by atoms with Gasteiger partial charge >= 0.3 is 0 Å². The lowest BCUT2D eigenvalue weighted by molar-refractivity contribution is 0.516. The molecule has 0 radical (unpaired) electrons. The highest BCUT2D eigenvalue weighted by Crippen LogP contribution is 2.27. The molecule has 0 aliphatic heterocycles. The molecule has 1 aliphatic rings. The van der Waals surface area contributed by atoms with Crippen LogP contribution in [0, 0.1) is 11.6 Å². The third-order valence-corrected chi connectivity index (χ3v) is 5.10. The van der Waals surface area contributed by atoms with E-state index in [1.807, 2.05) is 11.8 Å². The fourth-order valence-corrected chi connectivity index (χ4v) is 3.81. The van der Waals surface area contributed by atoms with Gasteiger partial charge in [-0.25, -0.2) is 8.78 Å². The summed E-state index contributed by atoms with van der Waals surface area (Å²) < 4.78 is 26.2. The summed E-state index contributed by atoms with van der Waals surface area (Å²) in [5.41, 5.74) is 0.189. The molecule has 1 aromatic rings. The first kappa shape index (κ1) is 16.5. The second-order valence-electron chi connectivity index (χ2n) is 5.14. The van der Waals surface area contributed by atoms with Gasteiger partial charge in [0.1, 0.15) is 11.6 Å². The van der Waals surface area contributed by atoms with E-state index in [-0.39, 0.29) is 5.69 Å². The monoisotopic (exact) mass is 330 g/mol. The standard InChI is InChI=1S/C15H20F2N2S2/c16-11-6-7-14(13(17)10-11)19-15(20)18-8-9-21-12-4-2-1-3-5-12/h6-7,10,12H,1-5,8-9H2,(H2,18,19,20). The number of hydrogen-bond donors (Lipinski definition) is 2. The molecule has 0 aromatic heterocycles. The summed E-state index contributed by atoms with van der Waals surface area (Å²) in [6.45, 7) is 0.746. The van der Waals surface area contributed by atoms with Crippen molar-refractivity contribution in [2.24, 2.45) is 0 Å². The Morgan fingerprint density at radius 3 is 2.71 bits per heavy atom. The van der Waals surface area contributed by atoms with Gasteiger partial charge in [0.15, 0.2) is 5.11 Å². The summed E-state index contributed by atoms with van der Waals surface area (Å²) in [6, 6.07) is 3.38. The molecule has 0 atom stereocenters. The predicted octanol–water partition coefficient (Wildman–Crippen LogP) is 4.32. The van der Waals surface area contributed by atoms with Crippen LogP contribution in [0.1, 0.15) is 32.1 Å². The van der Waals surface area contributed by atoms with Crippen molar-refractivity contribution in [3.8, 4) is 0 Å². The molecule has 0 spiro atoms. The Morgan fingerprint density at radius 1 is 1.24 bits per heavy atom. The topological polar surface area (TPSA) is 24.1 Å².